The lowest BCUT2D eigenvalue weighted by Gasteiger charge is -2.20. The quantitative estimate of drug-likeness (QED) is 0.880. The van der Waals surface area contributed by atoms with E-state index in [4.69, 9.17) is 15.2 Å². The van der Waals surface area contributed by atoms with Gasteiger partial charge in [-0.25, -0.2) is 0 Å². The zero-order valence-corrected chi connectivity index (χ0v) is 13.5. The van der Waals surface area contributed by atoms with Gasteiger partial charge in [-0.1, -0.05) is 0 Å². The van der Waals surface area contributed by atoms with Crippen molar-refractivity contribution in [2.75, 3.05) is 20.4 Å². The van der Waals surface area contributed by atoms with E-state index < -0.39 is 0 Å². The molecule has 0 spiro atoms. The molecule has 0 bridgehead atoms. The first-order valence-corrected chi connectivity index (χ1v) is 8.05. The number of nitrogens with zero attached hydrogens (tertiary/aromatic N) is 2. The van der Waals surface area contributed by atoms with Crippen LogP contribution >= 0.6 is 0 Å². The lowest BCUT2D eigenvalue weighted by Crippen LogP contribution is -2.35. The van der Waals surface area contributed by atoms with E-state index in [9.17, 15) is 4.79 Å². The minimum absolute atomic E-state index is 0.0492. The van der Waals surface area contributed by atoms with Crippen LogP contribution in [0, 0.1) is 0 Å². The van der Waals surface area contributed by atoms with Crippen LogP contribution in [0.15, 0.2) is 29.3 Å². The van der Waals surface area contributed by atoms with E-state index in [1.165, 1.54) is 0 Å². The third-order valence-corrected chi connectivity index (χ3v) is 4.65. The van der Waals surface area contributed by atoms with Crippen molar-refractivity contribution in [1.29, 1.82) is 0 Å². The van der Waals surface area contributed by atoms with Crippen molar-refractivity contribution in [3.05, 3.63) is 29.8 Å². The Labute approximate surface area is 139 Å². The van der Waals surface area contributed by atoms with Crippen molar-refractivity contribution < 1.29 is 14.3 Å². The first kappa shape index (κ1) is 15.0. The highest BCUT2D eigenvalue weighted by molar-refractivity contribution is 6.07. The van der Waals surface area contributed by atoms with Gasteiger partial charge in [0.15, 0.2) is 11.5 Å². The molecule has 124 valence electrons. The Balaban J connectivity index is 1.88. The Morgan fingerprint density at radius 1 is 1.25 bits per heavy atom. The summed E-state index contributed by atoms with van der Waals surface area (Å²) in [6.07, 6.45) is 3.90. The fourth-order valence-corrected chi connectivity index (χ4v) is 3.46. The monoisotopic (exact) mass is 325 g/mol. The number of aliphatic imine (C=N–C) groups is 1. The highest BCUT2D eigenvalue weighted by Crippen LogP contribution is 2.37. The summed E-state index contributed by atoms with van der Waals surface area (Å²) in [5.74, 6) is 1.22. The molecule has 1 unspecified atom stereocenters. The standard InChI is InChI=1S/C18H19N3O3/c1-23-16-7-11-5-14-15(6-12(11)8-17(16)24-10-19)20-9-13-3-2-4-21(13)18(14)22/h5-9,13H,2-4,10,19H2,1H3. The average Bonchev–Trinajstić information content (AvgIpc) is 3.02. The van der Waals surface area contributed by atoms with Crippen molar-refractivity contribution in [3.8, 4) is 11.5 Å². The number of hydrogen-bond donors (Lipinski definition) is 1. The first-order valence-electron chi connectivity index (χ1n) is 8.05. The van der Waals surface area contributed by atoms with E-state index in [0.29, 0.717) is 22.7 Å². The minimum atomic E-state index is 0.0492. The van der Waals surface area contributed by atoms with E-state index in [2.05, 4.69) is 4.99 Å². The summed E-state index contributed by atoms with van der Waals surface area (Å²) >= 11 is 0. The molecule has 2 aromatic carbocycles. The maximum Gasteiger partial charge on any atom is 0.256 e. The summed E-state index contributed by atoms with van der Waals surface area (Å²) in [4.78, 5) is 19.3. The second-order valence-electron chi connectivity index (χ2n) is 6.02. The first-order chi connectivity index (χ1) is 11.7. The summed E-state index contributed by atoms with van der Waals surface area (Å²) in [6, 6.07) is 7.65. The molecule has 24 heavy (non-hydrogen) atoms. The molecule has 2 aliphatic rings. The fourth-order valence-electron chi connectivity index (χ4n) is 3.46. The number of ether oxygens (including phenoxy) is 2. The molecule has 6 heteroatoms. The van der Waals surface area contributed by atoms with Crippen molar-refractivity contribution in [2.45, 2.75) is 18.9 Å². The van der Waals surface area contributed by atoms with Crippen LogP contribution in [0.25, 0.3) is 10.8 Å². The van der Waals surface area contributed by atoms with Crippen molar-refractivity contribution in [2.24, 2.45) is 10.7 Å². The topological polar surface area (TPSA) is 77.2 Å². The number of amides is 1. The lowest BCUT2D eigenvalue weighted by molar-refractivity contribution is 0.0775. The molecular formula is C18H19N3O3. The molecule has 2 aliphatic heterocycles. The SMILES string of the molecule is COc1cc2cc3c(cc2cc1OCN)N=CC1CCCN1C3=O. The summed E-state index contributed by atoms with van der Waals surface area (Å²) in [7, 11) is 1.58. The third-order valence-electron chi connectivity index (χ3n) is 4.65. The van der Waals surface area contributed by atoms with E-state index in [1.807, 2.05) is 35.4 Å². The number of carbonyl (C=O) groups is 1. The Hall–Kier alpha value is -2.60. The van der Waals surface area contributed by atoms with Gasteiger partial charge in [-0.2, -0.15) is 0 Å². The molecule has 4 rings (SSSR count). The van der Waals surface area contributed by atoms with Crippen LogP contribution in [0.3, 0.4) is 0 Å². The number of rotatable bonds is 3. The normalized spacial score (nSPS) is 19.2. The summed E-state index contributed by atoms with van der Waals surface area (Å²) in [5, 5.41) is 1.85. The Kier molecular flexibility index (Phi) is 3.61. The van der Waals surface area contributed by atoms with Crippen LogP contribution in [0.4, 0.5) is 5.69 Å². The molecular weight excluding hydrogens is 306 g/mol. The third kappa shape index (κ3) is 2.30. The molecule has 2 aromatic rings. The zero-order chi connectivity index (χ0) is 16.7. The predicted octanol–water partition coefficient (Wildman–Crippen LogP) is 2.46. The maximum atomic E-state index is 12.9. The van der Waals surface area contributed by atoms with Crippen LogP contribution in [0.2, 0.25) is 0 Å². The van der Waals surface area contributed by atoms with Gasteiger partial charge >= 0.3 is 0 Å². The van der Waals surface area contributed by atoms with E-state index in [-0.39, 0.29) is 18.7 Å². The van der Waals surface area contributed by atoms with E-state index >= 15 is 0 Å². The predicted molar refractivity (Wildman–Crippen MR) is 92.4 cm³/mol. The van der Waals surface area contributed by atoms with Crippen LogP contribution in [-0.2, 0) is 0 Å². The largest absolute Gasteiger partial charge is 0.493 e. The van der Waals surface area contributed by atoms with Crippen molar-refractivity contribution in [1.82, 2.24) is 4.90 Å². The zero-order valence-electron chi connectivity index (χ0n) is 13.5. The van der Waals surface area contributed by atoms with Crippen LogP contribution in [-0.4, -0.2) is 43.4 Å². The number of hydrogen-bond acceptors (Lipinski definition) is 5. The van der Waals surface area contributed by atoms with Gasteiger partial charge in [0.05, 0.1) is 24.4 Å². The van der Waals surface area contributed by atoms with Crippen molar-refractivity contribution in [3.63, 3.8) is 0 Å². The second kappa shape index (κ2) is 5.79. The van der Waals surface area contributed by atoms with Crippen molar-refractivity contribution >= 4 is 28.6 Å². The van der Waals surface area contributed by atoms with E-state index in [0.717, 1.165) is 30.2 Å². The van der Waals surface area contributed by atoms with Gasteiger partial charge < -0.3 is 14.4 Å². The fraction of sp³-hybridized carbons (Fsp3) is 0.333. The average molecular weight is 325 g/mol. The molecule has 0 radical (unpaired) electrons. The highest BCUT2D eigenvalue weighted by Gasteiger charge is 2.31. The smallest absolute Gasteiger partial charge is 0.256 e. The van der Waals surface area contributed by atoms with E-state index in [1.54, 1.807) is 7.11 Å². The summed E-state index contributed by atoms with van der Waals surface area (Å²) < 4.78 is 10.8. The number of benzene rings is 2. The number of carbonyl (C=O) groups excluding carboxylic acids is 1. The van der Waals surface area contributed by atoms with Gasteiger partial charge in [0, 0.05) is 12.8 Å². The molecule has 0 saturated carbocycles. The van der Waals surface area contributed by atoms with Gasteiger partial charge in [-0.3, -0.25) is 15.5 Å². The van der Waals surface area contributed by atoms with Crippen LogP contribution < -0.4 is 15.2 Å². The molecule has 1 saturated heterocycles. The molecule has 6 nitrogen and oxygen atoms in total. The van der Waals surface area contributed by atoms with Crippen LogP contribution in [0.1, 0.15) is 23.2 Å². The Bertz CT molecular complexity index is 847. The molecule has 1 fully saturated rings. The number of fused-ring (bicyclic) bond motifs is 3. The molecule has 1 amide bonds. The summed E-state index contributed by atoms with van der Waals surface area (Å²) in [6.45, 7) is 0.861. The second-order valence-corrected chi connectivity index (χ2v) is 6.02. The molecule has 2 N–H and O–H groups in total. The number of nitrogens with two attached hydrogens (primary N) is 1. The number of methoxy groups -OCH3 is 1. The van der Waals surface area contributed by atoms with Gasteiger partial charge in [0.25, 0.3) is 5.91 Å². The van der Waals surface area contributed by atoms with Gasteiger partial charge in [-0.05, 0) is 47.9 Å². The van der Waals surface area contributed by atoms with Crippen LogP contribution in [0.5, 0.6) is 11.5 Å². The van der Waals surface area contributed by atoms with Gasteiger partial charge in [-0.15, -0.1) is 0 Å². The lowest BCUT2D eigenvalue weighted by atomic mass is 10.0. The van der Waals surface area contributed by atoms with Gasteiger partial charge in [0.2, 0.25) is 0 Å². The molecule has 0 aromatic heterocycles. The summed E-state index contributed by atoms with van der Waals surface area (Å²) in [5.41, 5.74) is 6.82. The van der Waals surface area contributed by atoms with Gasteiger partial charge in [0.1, 0.15) is 6.73 Å². The Morgan fingerprint density at radius 2 is 2.04 bits per heavy atom. The molecule has 0 aliphatic carbocycles. The minimum Gasteiger partial charge on any atom is -0.493 e. The highest BCUT2D eigenvalue weighted by atomic mass is 16.5. The Morgan fingerprint density at radius 3 is 2.83 bits per heavy atom. The maximum absolute atomic E-state index is 12.9. The molecule has 2 heterocycles. The molecule has 1 atom stereocenters.